The molecule has 0 spiro atoms. The van der Waals surface area contributed by atoms with Gasteiger partial charge >= 0.3 is 23.9 Å². The van der Waals surface area contributed by atoms with E-state index in [4.69, 9.17) is 23.7 Å². The highest BCUT2D eigenvalue weighted by Crippen LogP contribution is 2.28. The highest BCUT2D eigenvalue weighted by atomic mass is 16.7. The Morgan fingerprint density at radius 3 is 1.67 bits per heavy atom. The maximum absolute atomic E-state index is 11.4. The van der Waals surface area contributed by atoms with Crippen LogP contribution in [0.3, 0.4) is 0 Å². The monoisotopic (exact) mass is 346 g/mol. The van der Waals surface area contributed by atoms with Gasteiger partial charge in [0, 0.05) is 27.7 Å². The van der Waals surface area contributed by atoms with E-state index in [9.17, 15) is 19.2 Å². The Morgan fingerprint density at radius 2 is 1.21 bits per heavy atom. The van der Waals surface area contributed by atoms with Crippen molar-refractivity contribution in [1.29, 1.82) is 0 Å². The molecule has 1 heterocycles. The van der Waals surface area contributed by atoms with Gasteiger partial charge in [0.15, 0.2) is 18.3 Å². The molecule has 0 N–H and O–H groups in total. The van der Waals surface area contributed by atoms with E-state index >= 15 is 0 Å². The summed E-state index contributed by atoms with van der Waals surface area (Å²) >= 11 is 0. The Kier molecular flexibility index (Phi) is 7.15. The minimum absolute atomic E-state index is 0.206. The third-order valence-corrected chi connectivity index (χ3v) is 3.22. The predicted octanol–water partition coefficient (Wildman–Crippen LogP) is 0.132. The largest absolute Gasteiger partial charge is 0.463 e. The topological polar surface area (TPSA) is 114 Å². The first-order chi connectivity index (χ1) is 11.1. The minimum Gasteiger partial charge on any atom is -0.463 e. The lowest BCUT2D eigenvalue weighted by Crippen LogP contribution is -2.61. The van der Waals surface area contributed by atoms with E-state index in [2.05, 4.69) is 0 Å². The molecule has 0 saturated carbocycles. The third kappa shape index (κ3) is 5.80. The molecule has 1 fully saturated rings. The summed E-state index contributed by atoms with van der Waals surface area (Å²) in [4.78, 5) is 45.2. The molecule has 1 aliphatic heterocycles. The molecule has 0 bridgehead atoms. The van der Waals surface area contributed by atoms with E-state index in [0.717, 1.165) is 0 Å². The molecule has 5 atom stereocenters. The van der Waals surface area contributed by atoms with Gasteiger partial charge in [0.1, 0.15) is 12.7 Å². The summed E-state index contributed by atoms with van der Waals surface area (Å²) < 4.78 is 26.1. The average molecular weight is 346 g/mol. The predicted molar refractivity (Wildman–Crippen MR) is 77.6 cm³/mol. The summed E-state index contributed by atoms with van der Waals surface area (Å²) in [5.41, 5.74) is 0. The molecule has 1 saturated heterocycles. The summed E-state index contributed by atoms with van der Waals surface area (Å²) in [6.07, 6.45) is -4.69. The molecule has 1 aliphatic rings. The summed E-state index contributed by atoms with van der Waals surface area (Å²) in [6.45, 7) is 6.17. The highest BCUT2D eigenvalue weighted by Gasteiger charge is 2.50. The molecular formula is C15H22O9. The number of carbonyl (C=O) groups excluding carboxylic acids is 4. The van der Waals surface area contributed by atoms with Gasteiger partial charge in [-0.25, -0.2) is 0 Å². The van der Waals surface area contributed by atoms with Crippen LogP contribution in [0, 0.1) is 0 Å². The van der Waals surface area contributed by atoms with Gasteiger partial charge in [-0.05, 0) is 6.92 Å². The zero-order valence-electron chi connectivity index (χ0n) is 14.3. The second-order valence-electron chi connectivity index (χ2n) is 5.40. The SMILES string of the molecule is CC(=O)OCC1O[C@@H](C)[C@H](OC(C)=O)[C@@H](OC(C)=O)[C@@H]1OC(C)=O. The van der Waals surface area contributed by atoms with Crippen LogP contribution in [-0.2, 0) is 42.9 Å². The molecular weight excluding hydrogens is 324 g/mol. The van der Waals surface area contributed by atoms with Gasteiger partial charge in [0.25, 0.3) is 0 Å². The Morgan fingerprint density at radius 1 is 0.750 bits per heavy atom. The van der Waals surface area contributed by atoms with E-state index in [-0.39, 0.29) is 6.61 Å². The summed E-state index contributed by atoms with van der Waals surface area (Å²) in [5.74, 6) is -2.44. The molecule has 1 unspecified atom stereocenters. The zero-order chi connectivity index (χ0) is 18.4. The number of hydrogen-bond acceptors (Lipinski definition) is 9. The summed E-state index contributed by atoms with van der Waals surface area (Å²) in [5, 5.41) is 0. The second kappa shape index (κ2) is 8.62. The van der Waals surface area contributed by atoms with Crippen LogP contribution in [0.25, 0.3) is 0 Å². The Balaban J connectivity index is 3.11. The fourth-order valence-corrected chi connectivity index (χ4v) is 2.44. The van der Waals surface area contributed by atoms with Crippen LogP contribution in [0.5, 0.6) is 0 Å². The van der Waals surface area contributed by atoms with Crippen molar-refractivity contribution >= 4 is 23.9 Å². The van der Waals surface area contributed by atoms with Crippen LogP contribution in [0.15, 0.2) is 0 Å². The molecule has 0 radical (unpaired) electrons. The number of carbonyl (C=O) groups is 4. The first kappa shape index (κ1) is 19.9. The van der Waals surface area contributed by atoms with Gasteiger partial charge in [-0.3, -0.25) is 19.2 Å². The lowest BCUT2D eigenvalue weighted by molar-refractivity contribution is -0.249. The second-order valence-corrected chi connectivity index (χ2v) is 5.40. The third-order valence-electron chi connectivity index (χ3n) is 3.22. The number of esters is 4. The van der Waals surface area contributed by atoms with Crippen molar-refractivity contribution < 1.29 is 42.9 Å². The van der Waals surface area contributed by atoms with Crippen molar-refractivity contribution in [2.75, 3.05) is 6.61 Å². The van der Waals surface area contributed by atoms with E-state index in [1.807, 2.05) is 0 Å². The van der Waals surface area contributed by atoms with Crippen LogP contribution in [0.1, 0.15) is 34.6 Å². The number of rotatable bonds is 5. The standard InChI is InChI=1S/C15H22O9/c1-7-13(22-9(3)17)15(24-11(5)19)14(23-10(4)18)12(21-7)6-20-8(2)16/h7,12-15H,6H2,1-5H3/t7-,12?,13-,14+,15+/m0/s1. The highest BCUT2D eigenvalue weighted by molar-refractivity contribution is 5.68. The van der Waals surface area contributed by atoms with Crippen molar-refractivity contribution in [1.82, 2.24) is 0 Å². The van der Waals surface area contributed by atoms with Gasteiger partial charge in [-0.1, -0.05) is 0 Å². The quantitative estimate of drug-likeness (QED) is 0.506. The molecule has 1 rings (SSSR count). The number of ether oxygens (including phenoxy) is 5. The van der Waals surface area contributed by atoms with Crippen molar-refractivity contribution in [3.63, 3.8) is 0 Å². The Bertz CT molecular complexity index is 501. The van der Waals surface area contributed by atoms with Gasteiger partial charge in [0.05, 0.1) is 6.10 Å². The molecule has 0 aromatic rings. The van der Waals surface area contributed by atoms with Crippen molar-refractivity contribution in [2.45, 2.75) is 65.1 Å². The van der Waals surface area contributed by atoms with Crippen molar-refractivity contribution in [3.8, 4) is 0 Å². The Hall–Kier alpha value is -2.16. The van der Waals surface area contributed by atoms with Crippen LogP contribution in [0.4, 0.5) is 0 Å². The Labute approximate surface area is 139 Å². The molecule has 0 amide bonds. The first-order valence-electron chi connectivity index (χ1n) is 7.42. The summed E-state index contributed by atoms with van der Waals surface area (Å²) in [6, 6.07) is 0. The van der Waals surface area contributed by atoms with E-state index in [0.29, 0.717) is 0 Å². The fraction of sp³-hybridized carbons (Fsp3) is 0.733. The van der Waals surface area contributed by atoms with E-state index in [1.54, 1.807) is 6.92 Å². The van der Waals surface area contributed by atoms with Gasteiger partial charge in [0.2, 0.25) is 0 Å². The molecule has 9 nitrogen and oxygen atoms in total. The number of hydrogen-bond donors (Lipinski definition) is 0. The molecule has 0 aromatic carbocycles. The van der Waals surface area contributed by atoms with Crippen molar-refractivity contribution in [3.05, 3.63) is 0 Å². The van der Waals surface area contributed by atoms with Crippen LogP contribution < -0.4 is 0 Å². The normalized spacial score (nSPS) is 29.3. The van der Waals surface area contributed by atoms with Crippen molar-refractivity contribution in [2.24, 2.45) is 0 Å². The van der Waals surface area contributed by atoms with Gasteiger partial charge in [-0.2, -0.15) is 0 Å². The maximum Gasteiger partial charge on any atom is 0.303 e. The van der Waals surface area contributed by atoms with E-state index < -0.39 is 54.4 Å². The first-order valence-corrected chi connectivity index (χ1v) is 7.42. The van der Waals surface area contributed by atoms with E-state index in [1.165, 1.54) is 27.7 Å². The minimum atomic E-state index is -1.09. The molecule has 0 aromatic heterocycles. The van der Waals surface area contributed by atoms with Crippen LogP contribution in [0.2, 0.25) is 0 Å². The molecule has 136 valence electrons. The molecule has 24 heavy (non-hydrogen) atoms. The zero-order valence-corrected chi connectivity index (χ0v) is 14.3. The van der Waals surface area contributed by atoms with Gasteiger partial charge < -0.3 is 23.7 Å². The van der Waals surface area contributed by atoms with Crippen LogP contribution >= 0.6 is 0 Å². The van der Waals surface area contributed by atoms with Gasteiger partial charge in [-0.15, -0.1) is 0 Å². The van der Waals surface area contributed by atoms with Crippen LogP contribution in [-0.4, -0.2) is 61.0 Å². The lowest BCUT2D eigenvalue weighted by atomic mass is 9.95. The fourth-order valence-electron chi connectivity index (χ4n) is 2.44. The smallest absolute Gasteiger partial charge is 0.303 e. The summed E-state index contributed by atoms with van der Waals surface area (Å²) in [7, 11) is 0. The molecule has 9 heteroatoms. The average Bonchev–Trinajstić information content (AvgIpc) is 2.42. The lowest BCUT2D eigenvalue weighted by Gasteiger charge is -2.43. The maximum atomic E-state index is 11.4. The molecule has 0 aliphatic carbocycles.